The summed E-state index contributed by atoms with van der Waals surface area (Å²) in [6.45, 7) is 9.82. The summed E-state index contributed by atoms with van der Waals surface area (Å²) in [6.07, 6.45) is 1.53. The third kappa shape index (κ3) is 6.20. The minimum atomic E-state index is 0.120. The second-order valence-corrected chi connectivity index (χ2v) is 5.50. The average molecular weight is 277 g/mol. The van der Waals surface area contributed by atoms with Gasteiger partial charge in [-0.1, -0.05) is 32.9 Å². The van der Waals surface area contributed by atoms with Crippen molar-refractivity contribution < 1.29 is 9.53 Å². The molecule has 112 valence electrons. The van der Waals surface area contributed by atoms with Crippen LogP contribution in [-0.4, -0.2) is 25.0 Å². The number of benzene rings is 1. The van der Waals surface area contributed by atoms with Crippen molar-refractivity contribution in [1.29, 1.82) is 0 Å². The molecule has 3 heteroatoms. The van der Waals surface area contributed by atoms with Gasteiger partial charge in [-0.05, 0) is 37.6 Å². The summed E-state index contributed by atoms with van der Waals surface area (Å²) in [7, 11) is 0. The summed E-state index contributed by atoms with van der Waals surface area (Å²) in [4.78, 5) is 11.7. The summed E-state index contributed by atoms with van der Waals surface area (Å²) >= 11 is 0. The van der Waals surface area contributed by atoms with E-state index in [9.17, 15) is 4.79 Å². The van der Waals surface area contributed by atoms with E-state index in [1.54, 1.807) is 0 Å². The zero-order valence-corrected chi connectivity index (χ0v) is 13.1. The maximum absolute atomic E-state index is 11.7. The predicted octanol–water partition coefficient (Wildman–Crippen LogP) is 3.22. The Balaban J connectivity index is 2.50. The van der Waals surface area contributed by atoms with Crippen LogP contribution in [0.15, 0.2) is 24.3 Å². The molecule has 0 amide bonds. The standard InChI is InChI=1S/C17H27NO2/c1-5-18-12-14(4)20-16-8-6-7-15(11-16)9-10-17(19)13(2)3/h6-8,11,13-14,18H,5,9-10,12H2,1-4H3/t14-/m1/s1. The van der Waals surface area contributed by atoms with Crippen molar-refractivity contribution in [2.75, 3.05) is 13.1 Å². The highest BCUT2D eigenvalue weighted by molar-refractivity contribution is 5.80. The SMILES string of the molecule is CCNC[C@@H](C)Oc1cccc(CCC(=O)C(C)C)c1. The highest BCUT2D eigenvalue weighted by Gasteiger charge is 2.08. The van der Waals surface area contributed by atoms with Gasteiger partial charge >= 0.3 is 0 Å². The monoisotopic (exact) mass is 277 g/mol. The molecule has 0 heterocycles. The molecule has 0 aliphatic heterocycles. The first-order valence-corrected chi connectivity index (χ1v) is 7.52. The third-order valence-electron chi connectivity index (χ3n) is 3.22. The normalized spacial score (nSPS) is 12.4. The molecule has 0 aliphatic carbocycles. The van der Waals surface area contributed by atoms with E-state index in [2.05, 4.69) is 25.2 Å². The quantitative estimate of drug-likeness (QED) is 0.753. The van der Waals surface area contributed by atoms with Gasteiger partial charge in [0.25, 0.3) is 0 Å². The molecule has 0 aromatic heterocycles. The number of nitrogens with one attached hydrogen (secondary N) is 1. The van der Waals surface area contributed by atoms with Gasteiger partial charge in [0, 0.05) is 18.9 Å². The molecule has 0 radical (unpaired) electrons. The topological polar surface area (TPSA) is 38.3 Å². The number of aryl methyl sites for hydroxylation is 1. The fourth-order valence-corrected chi connectivity index (χ4v) is 1.95. The van der Waals surface area contributed by atoms with Crippen LogP contribution in [0.25, 0.3) is 0 Å². The minimum Gasteiger partial charge on any atom is -0.489 e. The molecule has 1 atom stereocenters. The molecule has 3 nitrogen and oxygen atoms in total. The van der Waals surface area contributed by atoms with Crippen LogP contribution in [0.2, 0.25) is 0 Å². The van der Waals surface area contributed by atoms with E-state index in [-0.39, 0.29) is 12.0 Å². The van der Waals surface area contributed by atoms with Gasteiger partial charge in [0.1, 0.15) is 17.6 Å². The first kappa shape index (κ1) is 16.7. The average Bonchev–Trinajstić information content (AvgIpc) is 2.42. The van der Waals surface area contributed by atoms with Crippen molar-refractivity contribution in [1.82, 2.24) is 5.32 Å². The van der Waals surface area contributed by atoms with Gasteiger partial charge in [-0.15, -0.1) is 0 Å². The Morgan fingerprint density at radius 2 is 2.05 bits per heavy atom. The highest BCUT2D eigenvalue weighted by atomic mass is 16.5. The van der Waals surface area contributed by atoms with Crippen LogP contribution in [0, 0.1) is 5.92 Å². The maximum atomic E-state index is 11.7. The zero-order valence-electron chi connectivity index (χ0n) is 13.1. The van der Waals surface area contributed by atoms with E-state index in [4.69, 9.17) is 4.74 Å². The van der Waals surface area contributed by atoms with Crippen LogP contribution >= 0.6 is 0 Å². The minimum absolute atomic E-state index is 0.120. The zero-order chi connectivity index (χ0) is 15.0. The van der Waals surface area contributed by atoms with Gasteiger partial charge in [0.05, 0.1) is 0 Å². The molecular formula is C17H27NO2. The number of ketones is 1. The molecule has 1 aromatic rings. The van der Waals surface area contributed by atoms with Gasteiger partial charge in [0.2, 0.25) is 0 Å². The molecule has 0 fully saturated rings. The Hall–Kier alpha value is -1.35. The fraction of sp³-hybridized carbons (Fsp3) is 0.588. The largest absolute Gasteiger partial charge is 0.489 e. The van der Waals surface area contributed by atoms with E-state index in [1.165, 1.54) is 0 Å². The second kappa shape index (κ2) is 8.75. The van der Waals surface area contributed by atoms with Crippen LogP contribution in [0.4, 0.5) is 0 Å². The van der Waals surface area contributed by atoms with Crippen LogP contribution in [-0.2, 0) is 11.2 Å². The van der Waals surface area contributed by atoms with Crippen LogP contribution in [0.1, 0.15) is 39.7 Å². The van der Waals surface area contributed by atoms with Crippen molar-refractivity contribution >= 4 is 5.78 Å². The number of ether oxygens (including phenoxy) is 1. The smallest absolute Gasteiger partial charge is 0.135 e. The van der Waals surface area contributed by atoms with E-state index < -0.39 is 0 Å². The molecule has 0 unspecified atom stereocenters. The molecule has 0 aliphatic rings. The van der Waals surface area contributed by atoms with Crippen molar-refractivity contribution in [3.8, 4) is 5.75 Å². The number of hydrogen-bond acceptors (Lipinski definition) is 3. The third-order valence-corrected chi connectivity index (χ3v) is 3.22. The Morgan fingerprint density at radius 1 is 1.30 bits per heavy atom. The Labute approximate surface area is 122 Å². The van der Waals surface area contributed by atoms with Crippen molar-refractivity contribution in [3.63, 3.8) is 0 Å². The summed E-state index contributed by atoms with van der Waals surface area (Å²) < 4.78 is 5.86. The lowest BCUT2D eigenvalue weighted by atomic mass is 10.0. The number of rotatable bonds is 9. The summed E-state index contributed by atoms with van der Waals surface area (Å²) in [5, 5.41) is 3.27. The molecule has 1 aromatic carbocycles. The van der Waals surface area contributed by atoms with E-state index >= 15 is 0 Å². The van der Waals surface area contributed by atoms with Gasteiger partial charge in [-0.3, -0.25) is 4.79 Å². The Bertz CT molecular complexity index is 415. The number of hydrogen-bond donors (Lipinski definition) is 1. The van der Waals surface area contributed by atoms with Crippen LogP contribution in [0.3, 0.4) is 0 Å². The number of Topliss-reactive ketones (excluding diaryl/α,β-unsaturated/α-hetero) is 1. The van der Waals surface area contributed by atoms with Crippen molar-refractivity contribution in [3.05, 3.63) is 29.8 Å². The van der Waals surface area contributed by atoms with Crippen LogP contribution in [0.5, 0.6) is 5.75 Å². The molecule has 0 spiro atoms. The van der Waals surface area contributed by atoms with Gasteiger partial charge < -0.3 is 10.1 Å². The summed E-state index contributed by atoms with van der Waals surface area (Å²) in [6, 6.07) is 8.05. The number of carbonyl (C=O) groups excluding carboxylic acids is 1. The van der Waals surface area contributed by atoms with Crippen LogP contribution < -0.4 is 10.1 Å². The number of likely N-dealkylation sites (N-methyl/N-ethyl adjacent to an activating group) is 1. The lowest BCUT2D eigenvalue weighted by Gasteiger charge is -2.15. The van der Waals surface area contributed by atoms with Crippen molar-refractivity contribution in [2.45, 2.75) is 46.6 Å². The molecule has 0 saturated carbocycles. The first-order valence-electron chi connectivity index (χ1n) is 7.52. The summed E-state index contributed by atoms with van der Waals surface area (Å²) in [5.74, 6) is 1.32. The molecule has 1 rings (SSSR count). The molecular weight excluding hydrogens is 250 g/mol. The van der Waals surface area contributed by atoms with Gasteiger partial charge in [-0.25, -0.2) is 0 Å². The lowest BCUT2D eigenvalue weighted by molar-refractivity contribution is -0.121. The van der Waals surface area contributed by atoms with E-state index in [1.807, 2.05) is 32.0 Å². The Kier molecular flexibility index (Phi) is 7.31. The summed E-state index contributed by atoms with van der Waals surface area (Å²) in [5.41, 5.74) is 1.16. The number of carbonyl (C=O) groups is 1. The van der Waals surface area contributed by atoms with Gasteiger partial charge in [-0.2, -0.15) is 0 Å². The van der Waals surface area contributed by atoms with E-state index in [0.29, 0.717) is 12.2 Å². The van der Waals surface area contributed by atoms with Gasteiger partial charge in [0.15, 0.2) is 0 Å². The van der Waals surface area contributed by atoms with Crippen molar-refractivity contribution in [2.24, 2.45) is 5.92 Å². The fourth-order valence-electron chi connectivity index (χ4n) is 1.95. The molecule has 1 N–H and O–H groups in total. The molecule has 20 heavy (non-hydrogen) atoms. The predicted molar refractivity (Wildman–Crippen MR) is 83.2 cm³/mol. The molecule has 0 bridgehead atoms. The molecule has 0 saturated heterocycles. The van der Waals surface area contributed by atoms with E-state index in [0.717, 1.165) is 30.8 Å². The highest BCUT2D eigenvalue weighted by Crippen LogP contribution is 2.16. The first-order chi connectivity index (χ1) is 9.52. The lowest BCUT2D eigenvalue weighted by Crippen LogP contribution is -2.28. The maximum Gasteiger partial charge on any atom is 0.135 e. The second-order valence-electron chi connectivity index (χ2n) is 5.50. The Morgan fingerprint density at radius 3 is 2.70 bits per heavy atom.